The molecule has 3 nitrogen and oxygen atoms in total. The summed E-state index contributed by atoms with van der Waals surface area (Å²) in [5.41, 5.74) is 5.48. The van der Waals surface area contributed by atoms with Gasteiger partial charge in [-0.2, -0.15) is 0 Å². The van der Waals surface area contributed by atoms with E-state index in [4.69, 9.17) is 17.3 Å². The molecule has 0 radical (unpaired) electrons. The van der Waals surface area contributed by atoms with Crippen LogP contribution in [0.4, 0.5) is 0 Å². The van der Waals surface area contributed by atoms with Crippen LogP contribution in [0.2, 0.25) is 0 Å². The standard InChI is InChI=1S/C7H11ClN2O/c1-5(8)4-10-3-2-6(9)7(10)11/h6H,1-4,9H2. The van der Waals surface area contributed by atoms with Crippen LogP contribution in [0.25, 0.3) is 0 Å². The van der Waals surface area contributed by atoms with Gasteiger partial charge in [-0.25, -0.2) is 0 Å². The van der Waals surface area contributed by atoms with Crippen LogP contribution >= 0.6 is 11.6 Å². The Labute approximate surface area is 70.8 Å². The quantitative estimate of drug-likeness (QED) is 0.655. The Morgan fingerprint density at radius 3 is 2.91 bits per heavy atom. The first-order valence-electron chi connectivity index (χ1n) is 3.49. The average molecular weight is 175 g/mol. The number of nitrogens with zero attached hydrogens (tertiary/aromatic N) is 1. The molecule has 2 N–H and O–H groups in total. The van der Waals surface area contributed by atoms with Gasteiger partial charge in [-0.15, -0.1) is 0 Å². The van der Waals surface area contributed by atoms with Crippen LogP contribution in [0.1, 0.15) is 6.42 Å². The first kappa shape index (κ1) is 8.56. The lowest BCUT2D eigenvalue weighted by Crippen LogP contribution is -2.34. The second-order valence-electron chi connectivity index (χ2n) is 2.67. The minimum Gasteiger partial charge on any atom is -0.336 e. The van der Waals surface area contributed by atoms with Gasteiger partial charge in [0.15, 0.2) is 0 Å². The number of hydrogen-bond donors (Lipinski definition) is 1. The topological polar surface area (TPSA) is 46.3 Å². The van der Waals surface area contributed by atoms with E-state index in [0.29, 0.717) is 18.1 Å². The van der Waals surface area contributed by atoms with Gasteiger partial charge >= 0.3 is 0 Å². The molecular weight excluding hydrogens is 164 g/mol. The molecule has 1 aliphatic heterocycles. The predicted molar refractivity (Wildman–Crippen MR) is 44.2 cm³/mol. The maximum Gasteiger partial charge on any atom is 0.239 e. The molecular formula is C7H11ClN2O. The molecule has 0 aromatic heterocycles. The van der Waals surface area contributed by atoms with Crippen molar-refractivity contribution in [1.29, 1.82) is 0 Å². The SMILES string of the molecule is C=C(Cl)CN1CCC(N)C1=O. The van der Waals surface area contributed by atoms with E-state index >= 15 is 0 Å². The van der Waals surface area contributed by atoms with E-state index in [1.54, 1.807) is 4.90 Å². The monoisotopic (exact) mass is 174 g/mol. The molecule has 0 spiro atoms. The van der Waals surface area contributed by atoms with Gasteiger partial charge in [0.05, 0.1) is 12.6 Å². The minimum atomic E-state index is -0.328. The lowest BCUT2D eigenvalue weighted by Gasteiger charge is -2.14. The number of likely N-dealkylation sites (tertiary alicyclic amines) is 1. The molecule has 1 atom stereocenters. The number of carbonyl (C=O) groups excluding carboxylic acids is 1. The molecule has 1 rings (SSSR count). The number of carbonyl (C=O) groups is 1. The van der Waals surface area contributed by atoms with E-state index in [9.17, 15) is 4.79 Å². The molecule has 1 unspecified atom stereocenters. The maximum absolute atomic E-state index is 11.1. The fraction of sp³-hybridized carbons (Fsp3) is 0.571. The van der Waals surface area contributed by atoms with E-state index in [0.717, 1.165) is 6.42 Å². The van der Waals surface area contributed by atoms with Crippen molar-refractivity contribution in [3.63, 3.8) is 0 Å². The highest BCUT2D eigenvalue weighted by Crippen LogP contribution is 2.11. The molecule has 62 valence electrons. The highest BCUT2D eigenvalue weighted by atomic mass is 35.5. The minimum absolute atomic E-state index is 0.0215. The Hall–Kier alpha value is -0.540. The zero-order valence-corrected chi connectivity index (χ0v) is 6.97. The van der Waals surface area contributed by atoms with Gasteiger partial charge < -0.3 is 10.6 Å². The summed E-state index contributed by atoms with van der Waals surface area (Å²) in [5.74, 6) is -0.0215. The van der Waals surface area contributed by atoms with Crippen LogP contribution in [0.15, 0.2) is 11.6 Å². The summed E-state index contributed by atoms with van der Waals surface area (Å²) in [6.07, 6.45) is 0.725. The van der Waals surface area contributed by atoms with Gasteiger partial charge in [0.25, 0.3) is 0 Å². The maximum atomic E-state index is 11.1. The molecule has 0 bridgehead atoms. The van der Waals surface area contributed by atoms with Gasteiger partial charge in [-0.3, -0.25) is 4.79 Å². The molecule has 1 fully saturated rings. The van der Waals surface area contributed by atoms with Crippen molar-refractivity contribution in [3.05, 3.63) is 11.6 Å². The smallest absolute Gasteiger partial charge is 0.239 e. The summed E-state index contributed by atoms with van der Waals surface area (Å²) in [6, 6.07) is -0.328. The van der Waals surface area contributed by atoms with E-state index in [1.165, 1.54) is 0 Å². The Balaban J connectivity index is 2.49. The lowest BCUT2D eigenvalue weighted by molar-refractivity contribution is -0.128. The molecule has 1 saturated heterocycles. The molecule has 1 heterocycles. The number of halogens is 1. The summed E-state index contributed by atoms with van der Waals surface area (Å²) < 4.78 is 0. The summed E-state index contributed by atoms with van der Waals surface area (Å²) in [4.78, 5) is 12.8. The van der Waals surface area contributed by atoms with E-state index in [2.05, 4.69) is 6.58 Å². The zero-order chi connectivity index (χ0) is 8.43. The number of rotatable bonds is 2. The predicted octanol–water partition coefficient (Wildman–Crippen LogP) is 0.299. The Bertz CT molecular complexity index is 193. The normalized spacial score (nSPS) is 24.4. The largest absolute Gasteiger partial charge is 0.336 e. The molecule has 4 heteroatoms. The number of amides is 1. The first-order valence-corrected chi connectivity index (χ1v) is 3.86. The van der Waals surface area contributed by atoms with Crippen LogP contribution in [-0.2, 0) is 4.79 Å². The molecule has 11 heavy (non-hydrogen) atoms. The summed E-state index contributed by atoms with van der Waals surface area (Å²) in [6.45, 7) is 4.63. The van der Waals surface area contributed by atoms with E-state index in [1.807, 2.05) is 0 Å². The van der Waals surface area contributed by atoms with Crippen LogP contribution in [0.5, 0.6) is 0 Å². The third-order valence-electron chi connectivity index (χ3n) is 1.70. The van der Waals surface area contributed by atoms with Crippen molar-refractivity contribution in [3.8, 4) is 0 Å². The van der Waals surface area contributed by atoms with Crippen molar-refractivity contribution >= 4 is 17.5 Å². The van der Waals surface area contributed by atoms with Gasteiger partial charge in [-0.05, 0) is 6.42 Å². The van der Waals surface area contributed by atoms with Crippen molar-refractivity contribution in [2.24, 2.45) is 5.73 Å². The van der Waals surface area contributed by atoms with Crippen LogP contribution in [-0.4, -0.2) is 29.9 Å². The molecule has 0 saturated carbocycles. The summed E-state index contributed by atoms with van der Waals surface area (Å²) in [7, 11) is 0. The summed E-state index contributed by atoms with van der Waals surface area (Å²) >= 11 is 5.54. The number of nitrogens with two attached hydrogens (primary N) is 1. The lowest BCUT2D eigenvalue weighted by atomic mass is 10.3. The highest BCUT2D eigenvalue weighted by molar-refractivity contribution is 6.29. The van der Waals surface area contributed by atoms with Crippen LogP contribution < -0.4 is 5.73 Å². The van der Waals surface area contributed by atoms with Gasteiger partial charge in [0, 0.05) is 11.6 Å². The van der Waals surface area contributed by atoms with Gasteiger partial charge in [0.1, 0.15) is 0 Å². The second kappa shape index (κ2) is 3.24. The van der Waals surface area contributed by atoms with Crippen molar-refractivity contribution in [2.45, 2.75) is 12.5 Å². The summed E-state index contributed by atoms with van der Waals surface area (Å²) in [5, 5.41) is 0.479. The molecule has 0 aromatic rings. The molecule has 0 aliphatic carbocycles. The first-order chi connectivity index (χ1) is 5.11. The van der Waals surface area contributed by atoms with Crippen LogP contribution in [0, 0.1) is 0 Å². The van der Waals surface area contributed by atoms with Crippen molar-refractivity contribution in [1.82, 2.24) is 4.90 Å². The fourth-order valence-electron chi connectivity index (χ4n) is 1.13. The Morgan fingerprint density at radius 1 is 1.91 bits per heavy atom. The zero-order valence-electron chi connectivity index (χ0n) is 6.22. The third-order valence-corrected chi connectivity index (χ3v) is 1.82. The third kappa shape index (κ3) is 1.94. The molecule has 1 amide bonds. The van der Waals surface area contributed by atoms with E-state index in [-0.39, 0.29) is 11.9 Å². The highest BCUT2D eigenvalue weighted by Gasteiger charge is 2.27. The fourth-order valence-corrected chi connectivity index (χ4v) is 1.27. The molecule has 0 aromatic carbocycles. The van der Waals surface area contributed by atoms with Crippen molar-refractivity contribution < 1.29 is 4.79 Å². The Morgan fingerprint density at radius 2 is 2.55 bits per heavy atom. The van der Waals surface area contributed by atoms with Gasteiger partial charge in [-0.1, -0.05) is 18.2 Å². The van der Waals surface area contributed by atoms with Crippen LogP contribution in [0.3, 0.4) is 0 Å². The average Bonchev–Trinajstić information content (AvgIpc) is 2.18. The molecule has 1 aliphatic rings. The van der Waals surface area contributed by atoms with E-state index < -0.39 is 0 Å². The number of hydrogen-bond acceptors (Lipinski definition) is 2. The van der Waals surface area contributed by atoms with Gasteiger partial charge in [0.2, 0.25) is 5.91 Å². The van der Waals surface area contributed by atoms with Crippen molar-refractivity contribution in [2.75, 3.05) is 13.1 Å². The Kier molecular flexibility index (Phi) is 2.52. The second-order valence-corrected chi connectivity index (χ2v) is 3.21.